The molecule has 0 fully saturated rings. The van der Waals surface area contributed by atoms with E-state index in [1.165, 1.54) is 36.9 Å². The Balaban J connectivity index is 1.63. The number of benzene rings is 2. The molecular weight excluding hydrogens is 433 g/mol. The van der Waals surface area contributed by atoms with E-state index >= 15 is 0 Å². The van der Waals surface area contributed by atoms with E-state index in [9.17, 15) is 12.8 Å². The Morgan fingerprint density at radius 2 is 1.97 bits per heavy atom. The van der Waals surface area contributed by atoms with Crippen LogP contribution in [-0.2, 0) is 9.84 Å². The van der Waals surface area contributed by atoms with Gasteiger partial charge >= 0.3 is 0 Å². The summed E-state index contributed by atoms with van der Waals surface area (Å²) in [5, 5.41) is 8.75. The zero-order valence-corrected chi connectivity index (χ0v) is 17.9. The van der Waals surface area contributed by atoms with Gasteiger partial charge in [-0.3, -0.25) is 0 Å². The van der Waals surface area contributed by atoms with Crippen molar-refractivity contribution in [3.63, 3.8) is 0 Å². The van der Waals surface area contributed by atoms with Crippen LogP contribution in [0.1, 0.15) is 18.7 Å². The number of halogens is 1. The average Bonchev–Trinajstić information content (AvgIpc) is 3.38. The van der Waals surface area contributed by atoms with Crippen LogP contribution in [0, 0.1) is 5.82 Å². The van der Waals surface area contributed by atoms with Crippen LogP contribution < -0.4 is 5.32 Å². The Morgan fingerprint density at radius 1 is 1.12 bits per heavy atom. The average molecular weight is 451 g/mol. The van der Waals surface area contributed by atoms with E-state index in [1.807, 2.05) is 6.92 Å². The number of nitrogens with one attached hydrogen (secondary N) is 2. The number of H-pyrrole nitrogens is 1. The summed E-state index contributed by atoms with van der Waals surface area (Å²) in [6, 6.07) is 10.5. The third-order valence-corrected chi connectivity index (χ3v) is 6.26. The summed E-state index contributed by atoms with van der Waals surface area (Å²) in [5.41, 5.74) is 2.88. The van der Waals surface area contributed by atoms with Gasteiger partial charge < -0.3 is 10.3 Å². The first-order valence-electron chi connectivity index (χ1n) is 9.70. The van der Waals surface area contributed by atoms with Crippen molar-refractivity contribution in [3.8, 4) is 5.69 Å². The fourth-order valence-electron chi connectivity index (χ4n) is 3.62. The Kier molecular flexibility index (Phi) is 4.63. The molecule has 0 saturated heterocycles. The van der Waals surface area contributed by atoms with Gasteiger partial charge in [-0.05, 0) is 37.3 Å². The van der Waals surface area contributed by atoms with Gasteiger partial charge in [0.2, 0.25) is 0 Å². The van der Waals surface area contributed by atoms with Crippen molar-refractivity contribution >= 4 is 37.7 Å². The highest BCUT2D eigenvalue weighted by Crippen LogP contribution is 2.30. The van der Waals surface area contributed by atoms with Gasteiger partial charge in [-0.1, -0.05) is 6.07 Å². The molecule has 5 aromatic rings. The minimum atomic E-state index is -3.41. The van der Waals surface area contributed by atoms with Gasteiger partial charge in [0.1, 0.15) is 17.7 Å². The van der Waals surface area contributed by atoms with Crippen LogP contribution in [-0.4, -0.2) is 44.4 Å². The van der Waals surface area contributed by atoms with Crippen molar-refractivity contribution in [2.75, 3.05) is 11.6 Å². The minimum absolute atomic E-state index is 0.158. The summed E-state index contributed by atoms with van der Waals surface area (Å²) in [6.45, 7) is 1.91. The van der Waals surface area contributed by atoms with Crippen molar-refractivity contribution < 1.29 is 12.8 Å². The number of aromatic nitrogens is 6. The molecule has 3 aromatic heterocycles. The third kappa shape index (κ3) is 3.46. The molecule has 0 radical (unpaired) electrons. The second-order valence-corrected chi connectivity index (χ2v) is 9.43. The van der Waals surface area contributed by atoms with E-state index in [-0.39, 0.29) is 10.9 Å². The number of fused-ring (bicyclic) bond motifs is 2. The molecule has 3 heterocycles. The number of sulfone groups is 1. The van der Waals surface area contributed by atoms with Crippen molar-refractivity contribution in [2.24, 2.45) is 0 Å². The van der Waals surface area contributed by atoms with Gasteiger partial charge in [0.15, 0.2) is 21.3 Å². The zero-order valence-electron chi connectivity index (χ0n) is 17.1. The summed E-state index contributed by atoms with van der Waals surface area (Å²) in [7, 11) is -3.41. The van der Waals surface area contributed by atoms with Crippen molar-refractivity contribution in [3.05, 3.63) is 66.6 Å². The summed E-state index contributed by atoms with van der Waals surface area (Å²) in [5.74, 6) is 0.143. The predicted molar refractivity (Wildman–Crippen MR) is 118 cm³/mol. The lowest BCUT2D eigenvalue weighted by molar-refractivity contribution is 0.601. The SMILES string of the molecule is C[C@H](Nc1ncnc2nc[nH]c12)c1nn(-c2cccc(S(C)(=O)=O)c2)c2cc(F)ccc12. The van der Waals surface area contributed by atoms with Crippen molar-refractivity contribution in [1.29, 1.82) is 0 Å². The molecule has 2 aromatic carbocycles. The number of aromatic amines is 1. The number of imidazole rings is 1. The molecule has 5 rings (SSSR count). The van der Waals surface area contributed by atoms with E-state index in [0.717, 1.165) is 11.6 Å². The highest BCUT2D eigenvalue weighted by Gasteiger charge is 2.20. The normalized spacial score (nSPS) is 13.0. The van der Waals surface area contributed by atoms with E-state index in [0.29, 0.717) is 33.9 Å². The van der Waals surface area contributed by atoms with Crippen molar-refractivity contribution in [2.45, 2.75) is 17.9 Å². The van der Waals surface area contributed by atoms with Crippen LogP contribution in [0.15, 0.2) is 60.0 Å². The Bertz CT molecular complexity index is 1580. The monoisotopic (exact) mass is 451 g/mol. The van der Waals surface area contributed by atoms with E-state index in [1.54, 1.807) is 22.9 Å². The molecule has 2 N–H and O–H groups in total. The molecule has 0 amide bonds. The summed E-state index contributed by atoms with van der Waals surface area (Å²) in [4.78, 5) is 15.7. The first-order chi connectivity index (χ1) is 15.3. The minimum Gasteiger partial charge on any atom is -0.360 e. The molecule has 0 spiro atoms. The largest absolute Gasteiger partial charge is 0.360 e. The smallest absolute Gasteiger partial charge is 0.182 e. The first-order valence-corrected chi connectivity index (χ1v) is 11.6. The molecule has 1 atom stereocenters. The molecule has 0 saturated carbocycles. The van der Waals surface area contributed by atoms with Gasteiger partial charge in [0.25, 0.3) is 0 Å². The molecule has 0 aliphatic rings. The van der Waals surface area contributed by atoms with Crippen molar-refractivity contribution in [1.82, 2.24) is 29.7 Å². The molecule has 9 nitrogen and oxygen atoms in total. The van der Waals surface area contributed by atoms with Gasteiger partial charge in [0.05, 0.1) is 34.2 Å². The second kappa shape index (κ2) is 7.38. The van der Waals surface area contributed by atoms with Crippen LogP contribution in [0.25, 0.3) is 27.8 Å². The number of hydrogen-bond acceptors (Lipinski definition) is 7. The predicted octanol–water partition coefficient (Wildman–Crippen LogP) is 3.41. The molecule has 0 aliphatic carbocycles. The highest BCUT2D eigenvalue weighted by atomic mass is 32.2. The van der Waals surface area contributed by atoms with E-state index in [4.69, 9.17) is 5.10 Å². The summed E-state index contributed by atoms with van der Waals surface area (Å²) in [6.07, 6.45) is 4.10. The second-order valence-electron chi connectivity index (χ2n) is 7.42. The van der Waals surface area contributed by atoms with Crippen LogP contribution in [0.3, 0.4) is 0 Å². The lowest BCUT2D eigenvalue weighted by atomic mass is 10.1. The summed E-state index contributed by atoms with van der Waals surface area (Å²) >= 11 is 0. The fourth-order valence-corrected chi connectivity index (χ4v) is 4.28. The van der Waals surface area contributed by atoms with Crippen LogP contribution in [0.4, 0.5) is 10.2 Å². The summed E-state index contributed by atoms with van der Waals surface area (Å²) < 4.78 is 39.7. The van der Waals surface area contributed by atoms with Gasteiger partial charge in [-0.15, -0.1) is 0 Å². The Labute approximate surface area is 182 Å². The lowest BCUT2D eigenvalue weighted by Gasteiger charge is -2.13. The number of rotatable bonds is 5. The molecule has 11 heteroatoms. The molecule has 162 valence electrons. The number of nitrogens with zero attached hydrogens (tertiary/aromatic N) is 5. The van der Waals surface area contributed by atoms with Gasteiger partial charge in [0, 0.05) is 17.7 Å². The standard InChI is InChI=1S/C21H18FN7O2S/c1-12(27-21-19-20(24-10-23-19)25-11-26-21)18-16-7-6-13(22)8-17(16)29(28-18)14-4-3-5-15(9-14)32(2,30)31/h3-12H,1-2H3,(H2,23,24,25,26,27)/t12-/m0/s1. The molecule has 0 unspecified atom stereocenters. The van der Waals surface area contributed by atoms with Gasteiger partial charge in [-0.25, -0.2) is 32.4 Å². The van der Waals surface area contributed by atoms with E-state index in [2.05, 4.69) is 25.3 Å². The molecular formula is C21H18FN7O2S. The quantitative estimate of drug-likeness (QED) is 0.420. The molecule has 32 heavy (non-hydrogen) atoms. The third-order valence-electron chi connectivity index (χ3n) is 5.15. The lowest BCUT2D eigenvalue weighted by Crippen LogP contribution is -2.10. The maximum absolute atomic E-state index is 14.1. The fraction of sp³-hybridized carbons (Fsp3) is 0.143. The maximum atomic E-state index is 14.1. The van der Waals surface area contributed by atoms with E-state index < -0.39 is 15.7 Å². The number of anilines is 1. The van der Waals surface area contributed by atoms with Crippen LogP contribution in [0.2, 0.25) is 0 Å². The Morgan fingerprint density at radius 3 is 2.78 bits per heavy atom. The number of hydrogen-bond donors (Lipinski definition) is 2. The van der Waals surface area contributed by atoms with Gasteiger partial charge in [-0.2, -0.15) is 5.10 Å². The zero-order chi connectivity index (χ0) is 22.5. The highest BCUT2D eigenvalue weighted by molar-refractivity contribution is 7.90. The molecule has 0 bridgehead atoms. The topological polar surface area (TPSA) is 118 Å². The first kappa shape index (κ1) is 20.1. The maximum Gasteiger partial charge on any atom is 0.182 e. The van der Waals surface area contributed by atoms with Crippen LogP contribution >= 0.6 is 0 Å². The molecule has 0 aliphatic heterocycles. The Hall–Kier alpha value is -3.86. The van der Waals surface area contributed by atoms with Crippen LogP contribution in [0.5, 0.6) is 0 Å².